The Morgan fingerprint density at radius 3 is 2.25 bits per heavy atom. The fourth-order valence-electron chi connectivity index (χ4n) is 2.49. The predicted molar refractivity (Wildman–Crippen MR) is 72.5 cm³/mol. The van der Waals surface area contributed by atoms with Crippen molar-refractivity contribution in [2.75, 3.05) is 12.3 Å². The van der Waals surface area contributed by atoms with Crippen molar-refractivity contribution >= 4 is 15.7 Å². The highest BCUT2D eigenvalue weighted by molar-refractivity contribution is 7.89. The third-order valence-electron chi connectivity index (χ3n) is 4.09. The largest absolute Gasteiger partial charge is 0.399 e. The zero-order valence-electron chi connectivity index (χ0n) is 11.2. The van der Waals surface area contributed by atoms with Gasteiger partial charge in [0, 0.05) is 12.2 Å². The van der Waals surface area contributed by atoms with Gasteiger partial charge in [0.15, 0.2) is 4.90 Å². The normalized spacial score (nSPS) is 17.8. The first-order chi connectivity index (χ1) is 9.30. The van der Waals surface area contributed by atoms with Gasteiger partial charge in [0.05, 0.1) is 0 Å². The molecule has 20 heavy (non-hydrogen) atoms. The van der Waals surface area contributed by atoms with Crippen LogP contribution >= 0.6 is 0 Å². The molecule has 4 nitrogen and oxygen atoms in total. The number of nitrogens with two attached hydrogens (primary N) is 1. The first kappa shape index (κ1) is 15.2. The average molecular weight is 304 g/mol. The lowest BCUT2D eigenvalue weighted by Gasteiger charge is -2.41. The first-order valence-corrected chi connectivity index (χ1v) is 8.02. The van der Waals surface area contributed by atoms with Crippen molar-refractivity contribution in [3.63, 3.8) is 0 Å². The molecule has 7 heteroatoms. The average Bonchev–Trinajstić information content (AvgIpc) is 2.25. The van der Waals surface area contributed by atoms with E-state index in [2.05, 4.69) is 4.72 Å². The van der Waals surface area contributed by atoms with Crippen LogP contribution in [0, 0.1) is 17.0 Å². The van der Waals surface area contributed by atoms with E-state index in [9.17, 15) is 17.2 Å². The van der Waals surface area contributed by atoms with Gasteiger partial charge < -0.3 is 5.73 Å². The summed E-state index contributed by atoms with van der Waals surface area (Å²) in [6.45, 7) is 2.19. The molecule has 0 radical (unpaired) electrons. The molecule has 1 aliphatic rings. The second-order valence-corrected chi connectivity index (χ2v) is 7.05. The molecule has 1 saturated carbocycles. The lowest BCUT2D eigenvalue weighted by molar-refractivity contribution is 0.133. The molecule has 112 valence electrons. The SMILES string of the molecule is CCC1(CNS(=O)(=O)c2c(F)cc(N)cc2F)CCC1. The minimum Gasteiger partial charge on any atom is -0.399 e. The van der Waals surface area contributed by atoms with Crippen LogP contribution in [-0.2, 0) is 10.0 Å². The molecule has 1 aliphatic carbocycles. The number of rotatable bonds is 5. The highest BCUT2D eigenvalue weighted by Crippen LogP contribution is 2.43. The molecule has 0 saturated heterocycles. The van der Waals surface area contributed by atoms with Crippen LogP contribution in [-0.4, -0.2) is 15.0 Å². The summed E-state index contributed by atoms with van der Waals surface area (Å²) < 4.78 is 53.8. The van der Waals surface area contributed by atoms with Crippen LogP contribution in [0.5, 0.6) is 0 Å². The van der Waals surface area contributed by atoms with Crippen molar-refractivity contribution < 1.29 is 17.2 Å². The van der Waals surface area contributed by atoms with Gasteiger partial charge in [0.2, 0.25) is 10.0 Å². The molecule has 0 aromatic heterocycles. The summed E-state index contributed by atoms with van der Waals surface area (Å²) in [5.74, 6) is -2.34. The topological polar surface area (TPSA) is 72.2 Å². The molecule has 1 fully saturated rings. The molecular weight excluding hydrogens is 286 g/mol. The van der Waals surface area contributed by atoms with Crippen LogP contribution in [0.4, 0.5) is 14.5 Å². The number of anilines is 1. The van der Waals surface area contributed by atoms with Crippen molar-refractivity contribution in [1.82, 2.24) is 4.72 Å². The quantitative estimate of drug-likeness (QED) is 0.821. The first-order valence-electron chi connectivity index (χ1n) is 6.54. The summed E-state index contributed by atoms with van der Waals surface area (Å²) in [5.41, 5.74) is 5.05. The zero-order chi connectivity index (χ0) is 15.0. The van der Waals surface area contributed by atoms with E-state index < -0.39 is 26.6 Å². The molecule has 0 amide bonds. The number of nitrogens with one attached hydrogen (secondary N) is 1. The number of hydrogen-bond donors (Lipinski definition) is 2. The van der Waals surface area contributed by atoms with E-state index in [0.29, 0.717) is 0 Å². The zero-order valence-corrected chi connectivity index (χ0v) is 12.1. The Hall–Kier alpha value is -1.21. The number of halogens is 2. The Morgan fingerprint density at radius 1 is 1.30 bits per heavy atom. The third kappa shape index (κ3) is 2.78. The van der Waals surface area contributed by atoms with Gasteiger partial charge in [-0.25, -0.2) is 21.9 Å². The standard InChI is InChI=1S/C13H18F2N2O2S/c1-2-13(4-3-5-13)8-17-20(18,19)12-10(14)6-9(16)7-11(12)15/h6-7,17H,2-5,8,16H2,1H3. The van der Waals surface area contributed by atoms with Crippen LogP contribution in [0.15, 0.2) is 17.0 Å². The van der Waals surface area contributed by atoms with Gasteiger partial charge in [-0.05, 0) is 36.8 Å². The fourth-order valence-corrected chi connectivity index (χ4v) is 3.76. The number of benzene rings is 1. The summed E-state index contributed by atoms with van der Waals surface area (Å²) in [6, 6.07) is 1.60. The van der Waals surface area contributed by atoms with Crippen molar-refractivity contribution in [2.45, 2.75) is 37.5 Å². The second kappa shape index (κ2) is 5.29. The molecule has 0 aliphatic heterocycles. The summed E-state index contributed by atoms with van der Waals surface area (Å²) in [6.07, 6.45) is 3.75. The molecule has 1 aromatic rings. The highest BCUT2D eigenvalue weighted by atomic mass is 32.2. The molecule has 1 aromatic carbocycles. The molecule has 3 N–H and O–H groups in total. The molecule has 2 rings (SSSR count). The summed E-state index contributed by atoms with van der Waals surface area (Å²) >= 11 is 0. The maximum atomic E-state index is 13.7. The van der Waals surface area contributed by atoms with E-state index in [1.165, 1.54) is 0 Å². The van der Waals surface area contributed by atoms with E-state index in [-0.39, 0.29) is 17.6 Å². The molecule has 0 bridgehead atoms. The van der Waals surface area contributed by atoms with E-state index in [4.69, 9.17) is 5.73 Å². The molecule has 0 heterocycles. The molecular formula is C13H18F2N2O2S. The Kier molecular flexibility index (Phi) is 4.02. The Balaban J connectivity index is 2.23. The highest BCUT2D eigenvalue weighted by Gasteiger charge is 2.37. The number of nitrogen functional groups attached to an aromatic ring is 1. The molecule has 0 atom stereocenters. The van der Waals surface area contributed by atoms with Gasteiger partial charge >= 0.3 is 0 Å². The van der Waals surface area contributed by atoms with Crippen molar-refractivity contribution in [2.24, 2.45) is 5.41 Å². The lowest BCUT2D eigenvalue weighted by Crippen LogP contribution is -2.42. The number of hydrogen-bond acceptors (Lipinski definition) is 3. The fraction of sp³-hybridized carbons (Fsp3) is 0.538. The third-order valence-corrected chi connectivity index (χ3v) is 5.54. The van der Waals surface area contributed by atoms with Gasteiger partial charge in [-0.3, -0.25) is 0 Å². The van der Waals surface area contributed by atoms with Gasteiger partial charge in [-0.15, -0.1) is 0 Å². The second-order valence-electron chi connectivity index (χ2n) is 5.35. The Morgan fingerprint density at radius 2 is 1.85 bits per heavy atom. The van der Waals surface area contributed by atoms with Crippen LogP contribution in [0.25, 0.3) is 0 Å². The summed E-state index contributed by atoms with van der Waals surface area (Å²) in [4.78, 5) is -0.961. The summed E-state index contributed by atoms with van der Waals surface area (Å²) in [5, 5.41) is 0. The van der Waals surface area contributed by atoms with E-state index in [1.807, 2.05) is 6.92 Å². The van der Waals surface area contributed by atoms with Gasteiger partial charge in [0.1, 0.15) is 11.6 Å². The van der Waals surface area contributed by atoms with Crippen LogP contribution < -0.4 is 10.5 Å². The van der Waals surface area contributed by atoms with E-state index >= 15 is 0 Å². The lowest BCUT2D eigenvalue weighted by atomic mass is 9.67. The minimum absolute atomic E-state index is 0.0756. The Bertz CT molecular complexity index is 584. The molecule has 0 unspecified atom stereocenters. The van der Waals surface area contributed by atoms with Gasteiger partial charge in [0.25, 0.3) is 0 Å². The summed E-state index contributed by atoms with van der Waals surface area (Å²) in [7, 11) is -4.21. The van der Waals surface area contributed by atoms with E-state index in [0.717, 1.165) is 37.8 Å². The van der Waals surface area contributed by atoms with Crippen molar-refractivity contribution in [1.29, 1.82) is 0 Å². The smallest absolute Gasteiger partial charge is 0.246 e. The van der Waals surface area contributed by atoms with Crippen LogP contribution in [0.1, 0.15) is 32.6 Å². The number of sulfonamides is 1. The molecule has 0 spiro atoms. The van der Waals surface area contributed by atoms with Crippen LogP contribution in [0.2, 0.25) is 0 Å². The maximum absolute atomic E-state index is 13.7. The monoisotopic (exact) mass is 304 g/mol. The van der Waals surface area contributed by atoms with Gasteiger partial charge in [-0.1, -0.05) is 13.3 Å². The predicted octanol–water partition coefficient (Wildman–Crippen LogP) is 2.41. The van der Waals surface area contributed by atoms with Crippen molar-refractivity contribution in [3.8, 4) is 0 Å². The van der Waals surface area contributed by atoms with Crippen molar-refractivity contribution in [3.05, 3.63) is 23.8 Å². The van der Waals surface area contributed by atoms with Gasteiger partial charge in [-0.2, -0.15) is 0 Å². The van der Waals surface area contributed by atoms with Crippen LogP contribution in [0.3, 0.4) is 0 Å². The maximum Gasteiger partial charge on any atom is 0.246 e. The minimum atomic E-state index is -4.21. The Labute approximate surface area is 117 Å². The van der Waals surface area contributed by atoms with E-state index in [1.54, 1.807) is 0 Å².